The number of nitrogens with zero attached hydrogens (tertiary/aromatic N) is 2. The number of benzene rings is 1. The predicted molar refractivity (Wildman–Crippen MR) is 78.1 cm³/mol. The lowest BCUT2D eigenvalue weighted by Crippen LogP contribution is -2.31. The van der Waals surface area contributed by atoms with Gasteiger partial charge in [-0.3, -0.25) is 4.90 Å². The first-order valence-electron chi connectivity index (χ1n) is 6.71. The summed E-state index contributed by atoms with van der Waals surface area (Å²) in [5.41, 5.74) is 2.29. The van der Waals surface area contributed by atoms with Crippen molar-refractivity contribution in [3.8, 4) is 10.6 Å². The fraction of sp³-hybridized carbons (Fsp3) is 0.400. The largest absolute Gasteiger partial charge is 0.395 e. The second-order valence-corrected chi connectivity index (χ2v) is 5.82. The van der Waals surface area contributed by atoms with Crippen LogP contribution in [-0.2, 0) is 6.54 Å². The van der Waals surface area contributed by atoms with Gasteiger partial charge in [0.05, 0.1) is 12.3 Å². The van der Waals surface area contributed by atoms with E-state index in [2.05, 4.69) is 22.4 Å². The van der Waals surface area contributed by atoms with Gasteiger partial charge < -0.3 is 5.11 Å². The SMILES string of the molecule is OC[C@H]1CCCN1Cc1csc(-c2ccccc2)n1. The third-order valence-corrected chi connectivity index (χ3v) is 4.59. The molecule has 4 heteroatoms. The summed E-state index contributed by atoms with van der Waals surface area (Å²) in [6, 6.07) is 10.6. The first kappa shape index (κ1) is 12.8. The van der Waals surface area contributed by atoms with Gasteiger partial charge in [0.25, 0.3) is 0 Å². The average Bonchev–Trinajstić information content (AvgIpc) is 3.09. The fourth-order valence-electron chi connectivity index (χ4n) is 2.61. The van der Waals surface area contributed by atoms with Crippen molar-refractivity contribution in [3.05, 3.63) is 41.4 Å². The van der Waals surface area contributed by atoms with Crippen molar-refractivity contribution >= 4 is 11.3 Å². The van der Waals surface area contributed by atoms with Crippen LogP contribution in [0.3, 0.4) is 0 Å². The highest BCUT2D eigenvalue weighted by Crippen LogP contribution is 2.25. The highest BCUT2D eigenvalue weighted by Gasteiger charge is 2.24. The molecule has 1 aliphatic rings. The maximum Gasteiger partial charge on any atom is 0.123 e. The first-order valence-corrected chi connectivity index (χ1v) is 7.59. The lowest BCUT2D eigenvalue weighted by Gasteiger charge is -2.21. The summed E-state index contributed by atoms with van der Waals surface area (Å²) in [6.07, 6.45) is 2.28. The normalized spacial score (nSPS) is 19.9. The van der Waals surface area contributed by atoms with Crippen molar-refractivity contribution < 1.29 is 5.11 Å². The van der Waals surface area contributed by atoms with Crippen molar-refractivity contribution in [2.24, 2.45) is 0 Å². The quantitative estimate of drug-likeness (QED) is 0.931. The molecule has 1 aromatic heterocycles. The Balaban J connectivity index is 1.72. The molecular formula is C15H18N2OS. The van der Waals surface area contributed by atoms with Crippen LogP contribution in [0.4, 0.5) is 0 Å². The van der Waals surface area contributed by atoms with Gasteiger partial charge in [0, 0.05) is 23.5 Å². The summed E-state index contributed by atoms with van der Waals surface area (Å²) in [5, 5.41) is 12.6. The van der Waals surface area contributed by atoms with Crippen LogP contribution in [0.25, 0.3) is 10.6 Å². The van der Waals surface area contributed by atoms with E-state index in [1.807, 2.05) is 18.2 Å². The molecule has 3 rings (SSSR count). The lowest BCUT2D eigenvalue weighted by molar-refractivity contribution is 0.152. The van der Waals surface area contributed by atoms with Gasteiger partial charge in [0.2, 0.25) is 0 Å². The van der Waals surface area contributed by atoms with Crippen molar-refractivity contribution in [1.29, 1.82) is 0 Å². The zero-order valence-electron chi connectivity index (χ0n) is 10.8. The van der Waals surface area contributed by atoms with Crippen LogP contribution in [0, 0.1) is 0 Å². The molecule has 2 heterocycles. The molecule has 0 radical (unpaired) electrons. The van der Waals surface area contributed by atoms with E-state index in [4.69, 9.17) is 4.98 Å². The van der Waals surface area contributed by atoms with Crippen molar-refractivity contribution in [2.45, 2.75) is 25.4 Å². The molecule has 0 spiro atoms. The lowest BCUT2D eigenvalue weighted by atomic mass is 10.2. The van der Waals surface area contributed by atoms with Crippen LogP contribution in [0.2, 0.25) is 0 Å². The maximum atomic E-state index is 9.34. The highest BCUT2D eigenvalue weighted by atomic mass is 32.1. The van der Waals surface area contributed by atoms with E-state index in [-0.39, 0.29) is 6.61 Å². The second kappa shape index (κ2) is 5.82. The molecule has 1 aromatic carbocycles. The summed E-state index contributed by atoms with van der Waals surface area (Å²) in [4.78, 5) is 7.05. The highest BCUT2D eigenvalue weighted by molar-refractivity contribution is 7.13. The van der Waals surface area contributed by atoms with E-state index in [0.717, 1.165) is 30.2 Å². The van der Waals surface area contributed by atoms with E-state index in [1.54, 1.807) is 11.3 Å². The third-order valence-electron chi connectivity index (χ3n) is 3.65. The maximum absolute atomic E-state index is 9.34. The van der Waals surface area contributed by atoms with E-state index < -0.39 is 0 Å². The minimum atomic E-state index is 0.260. The molecule has 1 atom stereocenters. The van der Waals surface area contributed by atoms with E-state index in [9.17, 15) is 5.11 Å². The number of thiazole rings is 1. The van der Waals surface area contributed by atoms with E-state index in [1.165, 1.54) is 12.0 Å². The van der Waals surface area contributed by atoms with Crippen LogP contribution in [0.1, 0.15) is 18.5 Å². The Morgan fingerprint density at radius 1 is 1.32 bits per heavy atom. The number of aliphatic hydroxyl groups excluding tert-OH is 1. The zero-order valence-corrected chi connectivity index (χ0v) is 11.6. The molecule has 1 N–H and O–H groups in total. The van der Waals surface area contributed by atoms with Gasteiger partial charge in [-0.2, -0.15) is 0 Å². The number of aliphatic hydroxyl groups is 1. The standard InChI is InChI=1S/C15H18N2OS/c18-10-14-7-4-8-17(14)9-13-11-19-15(16-13)12-5-2-1-3-6-12/h1-3,5-6,11,14,18H,4,7-10H2/t14-/m1/s1. The molecule has 1 aliphatic heterocycles. The summed E-state index contributed by atoms with van der Waals surface area (Å²) in [7, 11) is 0. The number of hydrogen-bond acceptors (Lipinski definition) is 4. The van der Waals surface area contributed by atoms with Crippen LogP contribution in [-0.4, -0.2) is 34.2 Å². The van der Waals surface area contributed by atoms with Crippen LogP contribution < -0.4 is 0 Å². The number of hydrogen-bond donors (Lipinski definition) is 1. The Hall–Kier alpha value is -1.23. The van der Waals surface area contributed by atoms with Crippen LogP contribution in [0.5, 0.6) is 0 Å². The number of rotatable bonds is 4. The Morgan fingerprint density at radius 2 is 2.16 bits per heavy atom. The molecule has 19 heavy (non-hydrogen) atoms. The van der Waals surface area contributed by atoms with Gasteiger partial charge in [-0.15, -0.1) is 11.3 Å². The molecule has 0 aliphatic carbocycles. The molecule has 0 saturated carbocycles. The van der Waals surface area contributed by atoms with E-state index >= 15 is 0 Å². The first-order chi connectivity index (χ1) is 9.36. The summed E-state index contributed by atoms with van der Waals surface area (Å²) < 4.78 is 0. The van der Waals surface area contributed by atoms with Crippen molar-refractivity contribution in [2.75, 3.05) is 13.2 Å². The van der Waals surface area contributed by atoms with Gasteiger partial charge in [-0.1, -0.05) is 30.3 Å². The minimum absolute atomic E-state index is 0.260. The summed E-state index contributed by atoms with van der Waals surface area (Å²) in [6.45, 7) is 2.19. The van der Waals surface area contributed by atoms with Gasteiger partial charge in [0.15, 0.2) is 0 Å². The van der Waals surface area contributed by atoms with Gasteiger partial charge in [-0.05, 0) is 19.4 Å². The third kappa shape index (κ3) is 2.86. The molecule has 1 saturated heterocycles. The van der Waals surface area contributed by atoms with E-state index in [0.29, 0.717) is 6.04 Å². The Morgan fingerprint density at radius 3 is 2.95 bits per heavy atom. The smallest absolute Gasteiger partial charge is 0.123 e. The van der Waals surface area contributed by atoms with Crippen molar-refractivity contribution in [1.82, 2.24) is 9.88 Å². The Labute approximate surface area is 117 Å². The fourth-order valence-corrected chi connectivity index (χ4v) is 3.43. The molecule has 0 unspecified atom stereocenters. The van der Waals surface area contributed by atoms with Crippen LogP contribution >= 0.6 is 11.3 Å². The molecular weight excluding hydrogens is 256 g/mol. The van der Waals surface area contributed by atoms with Gasteiger partial charge in [0.1, 0.15) is 5.01 Å². The molecule has 2 aromatic rings. The Kier molecular flexibility index (Phi) is 3.92. The van der Waals surface area contributed by atoms with Crippen LogP contribution in [0.15, 0.2) is 35.7 Å². The molecule has 3 nitrogen and oxygen atoms in total. The number of aromatic nitrogens is 1. The Bertz CT molecular complexity index is 526. The molecule has 100 valence electrons. The summed E-state index contributed by atoms with van der Waals surface area (Å²) >= 11 is 1.69. The second-order valence-electron chi connectivity index (χ2n) is 4.96. The summed E-state index contributed by atoms with van der Waals surface area (Å²) in [5.74, 6) is 0. The van der Waals surface area contributed by atoms with Crippen molar-refractivity contribution in [3.63, 3.8) is 0 Å². The molecule has 0 bridgehead atoms. The predicted octanol–water partition coefficient (Wildman–Crippen LogP) is 2.77. The van der Waals surface area contributed by atoms with Gasteiger partial charge in [-0.25, -0.2) is 4.98 Å². The monoisotopic (exact) mass is 274 g/mol. The topological polar surface area (TPSA) is 36.4 Å². The minimum Gasteiger partial charge on any atom is -0.395 e. The average molecular weight is 274 g/mol. The molecule has 0 amide bonds. The zero-order chi connectivity index (χ0) is 13.1. The number of likely N-dealkylation sites (tertiary alicyclic amines) is 1. The molecule has 1 fully saturated rings. The van der Waals surface area contributed by atoms with Gasteiger partial charge >= 0.3 is 0 Å².